The lowest BCUT2D eigenvalue weighted by Gasteiger charge is -2.23. The minimum absolute atomic E-state index is 0.0689. The Balaban J connectivity index is 2.62. The highest BCUT2D eigenvalue weighted by Crippen LogP contribution is 2.13. The molecule has 6 nitrogen and oxygen atoms in total. The summed E-state index contributed by atoms with van der Waals surface area (Å²) in [5, 5.41) is 0. The Morgan fingerprint density at radius 3 is 2.45 bits per heavy atom. The zero-order valence-corrected chi connectivity index (χ0v) is 13.5. The number of aryl methyl sites for hydroxylation is 1. The number of ether oxygens (including phenoxy) is 1. The van der Waals surface area contributed by atoms with Crippen molar-refractivity contribution in [1.82, 2.24) is 9.80 Å². The molecule has 22 heavy (non-hydrogen) atoms. The minimum Gasteiger partial charge on any atom is -0.399 e. The van der Waals surface area contributed by atoms with E-state index in [4.69, 9.17) is 10.5 Å². The molecule has 0 aliphatic carbocycles. The second-order valence-corrected chi connectivity index (χ2v) is 5.30. The molecule has 0 radical (unpaired) electrons. The summed E-state index contributed by atoms with van der Waals surface area (Å²) in [6.07, 6.45) is 0.879. The van der Waals surface area contributed by atoms with E-state index < -0.39 is 0 Å². The van der Waals surface area contributed by atoms with Gasteiger partial charge >= 0.3 is 0 Å². The summed E-state index contributed by atoms with van der Waals surface area (Å²) < 4.78 is 5.01. The van der Waals surface area contributed by atoms with Gasteiger partial charge in [-0.3, -0.25) is 9.59 Å². The lowest BCUT2D eigenvalue weighted by Crippen LogP contribution is -2.42. The molecule has 0 spiro atoms. The fourth-order valence-electron chi connectivity index (χ4n) is 1.96. The molecule has 0 aliphatic rings. The van der Waals surface area contributed by atoms with Gasteiger partial charge in [0, 0.05) is 39.9 Å². The molecule has 1 aromatic carbocycles. The Labute approximate surface area is 131 Å². The van der Waals surface area contributed by atoms with Crippen molar-refractivity contribution in [1.29, 1.82) is 0 Å². The maximum Gasteiger partial charge on any atom is 0.241 e. The number of nitrogens with two attached hydrogens (primary N) is 1. The first kappa shape index (κ1) is 18.0. The molecule has 0 fully saturated rings. The van der Waals surface area contributed by atoms with E-state index in [2.05, 4.69) is 0 Å². The topological polar surface area (TPSA) is 75.9 Å². The van der Waals surface area contributed by atoms with Crippen molar-refractivity contribution in [3.8, 4) is 0 Å². The summed E-state index contributed by atoms with van der Waals surface area (Å²) in [7, 11) is 4.92. The second kappa shape index (κ2) is 9.04. The number of para-hydroxylation sites is 1. The third-order valence-corrected chi connectivity index (χ3v) is 3.41. The predicted molar refractivity (Wildman–Crippen MR) is 86.3 cm³/mol. The van der Waals surface area contributed by atoms with E-state index in [0.717, 1.165) is 5.56 Å². The molecule has 0 saturated heterocycles. The molecular formula is C16H25N3O3. The Kier molecular flexibility index (Phi) is 7.39. The summed E-state index contributed by atoms with van der Waals surface area (Å²) in [5.74, 6) is -0.181. The van der Waals surface area contributed by atoms with E-state index in [0.29, 0.717) is 31.7 Å². The SMILES string of the molecule is COCCN(CC(=O)N(C)C)C(=O)CCc1ccccc1N. The van der Waals surface area contributed by atoms with Crippen molar-refractivity contribution >= 4 is 17.5 Å². The smallest absolute Gasteiger partial charge is 0.241 e. The van der Waals surface area contributed by atoms with Gasteiger partial charge in [-0.05, 0) is 18.1 Å². The van der Waals surface area contributed by atoms with Crippen LogP contribution in [0.1, 0.15) is 12.0 Å². The van der Waals surface area contributed by atoms with Crippen LogP contribution in [-0.2, 0) is 20.7 Å². The van der Waals surface area contributed by atoms with Crippen LogP contribution in [0.3, 0.4) is 0 Å². The number of hydrogen-bond acceptors (Lipinski definition) is 4. The lowest BCUT2D eigenvalue weighted by molar-refractivity contribution is -0.139. The summed E-state index contributed by atoms with van der Waals surface area (Å²) in [6.45, 7) is 0.874. The highest BCUT2D eigenvalue weighted by molar-refractivity contribution is 5.84. The summed E-state index contributed by atoms with van der Waals surface area (Å²) in [6, 6.07) is 7.49. The van der Waals surface area contributed by atoms with Crippen LogP contribution in [0.4, 0.5) is 5.69 Å². The van der Waals surface area contributed by atoms with Crippen molar-refractivity contribution in [3.05, 3.63) is 29.8 Å². The third-order valence-electron chi connectivity index (χ3n) is 3.41. The fourth-order valence-corrected chi connectivity index (χ4v) is 1.96. The maximum atomic E-state index is 12.4. The van der Waals surface area contributed by atoms with Crippen LogP contribution in [0.25, 0.3) is 0 Å². The highest BCUT2D eigenvalue weighted by Gasteiger charge is 2.18. The first-order valence-corrected chi connectivity index (χ1v) is 7.26. The number of likely N-dealkylation sites (N-methyl/N-ethyl adjacent to an activating group) is 1. The van der Waals surface area contributed by atoms with E-state index in [1.54, 1.807) is 21.2 Å². The summed E-state index contributed by atoms with van der Waals surface area (Å²) >= 11 is 0. The van der Waals surface area contributed by atoms with Crippen LogP contribution < -0.4 is 5.73 Å². The zero-order chi connectivity index (χ0) is 16.5. The van der Waals surface area contributed by atoms with E-state index in [1.165, 1.54) is 9.80 Å². The van der Waals surface area contributed by atoms with Crippen molar-refractivity contribution in [2.75, 3.05) is 46.6 Å². The molecule has 0 aromatic heterocycles. The molecule has 1 rings (SSSR count). The Morgan fingerprint density at radius 1 is 1.18 bits per heavy atom. The fraction of sp³-hybridized carbons (Fsp3) is 0.500. The first-order valence-electron chi connectivity index (χ1n) is 7.26. The number of carbonyl (C=O) groups excluding carboxylic acids is 2. The van der Waals surface area contributed by atoms with Crippen LogP contribution >= 0.6 is 0 Å². The minimum atomic E-state index is -0.108. The van der Waals surface area contributed by atoms with Crippen molar-refractivity contribution < 1.29 is 14.3 Å². The average molecular weight is 307 g/mol. The molecule has 2 amide bonds. The molecule has 0 atom stereocenters. The third kappa shape index (κ3) is 5.73. The Bertz CT molecular complexity index is 503. The standard InChI is InChI=1S/C16H25N3O3/c1-18(2)16(21)12-19(10-11-22-3)15(20)9-8-13-6-4-5-7-14(13)17/h4-7H,8-12,17H2,1-3H3. The van der Waals surface area contributed by atoms with Gasteiger partial charge in [-0.25, -0.2) is 0 Å². The zero-order valence-electron chi connectivity index (χ0n) is 13.5. The molecule has 0 saturated carbocycles. The molecule has 122 valence electrons. The average Bonchev–Trinajstić information content (AvgIpc) is 2.49. The van der Waals surface area contributed by atoms with Gasteiger partial charge in [-0.15, -0.1) is 0 Å². The van der Waals surface area contributed by atoms with Gasteiger partial charge in [0.25, 0.3) is 0 Å². The van der Waals surface area contributed by atoms with Crippen LogP contribution in [0.5, 0.6) is 0 Å². The number of carbonyl (C=O) groups is 2. The predicted octanol–water partition coefficient (Wildman–Crippen LogP) is 0.765. The molecule has 2 N–H and O–H groups in total. The number of hydrogen-bond donors (Lipinski definition) is 1. The van der Waals surface area contributed by atoms with Crippen LogP contribution in [0.2, 0.25) is 0 Å². The van der Waals surface area contributed by atoms with Crippen LogP contribution in [-0.4, -0.2) is 62.5 Å². The summed E-state index contributed by atoms with van der Waals surface area (Å²) in [4.78, 5) is 27.2. The van der Waals surface area contributed by atoms with E-state index in [1.807, 2.05) is 24.3 Å². The van der Waals surface area contributed by atoms with Gasteiger partial charge < -0.3 is 20.3 Å². The monoisotopic (exact) mass is 307 g/mol. The number of anilines is 1. The van der Waals surface area contributed by atoms with E-state index >= 15 is 0 Å². The van der Waals surface area contributed by atoms with Crippen LogP contribution in [0.15, 0.2) is 24.3 Å². The Morgan fingerprint density at radius 2 is 1.86 bits per heavy atom. The molecule has 0 heterocycles. The normalized spacial score (nSPS) is 10.3. The maximum absolute atomic E-state index is 12.4. The molecular weight excluding hydrogens is 282 g/mol. The Hall–Kier alpha value is -2.08. The number of nitrogen functional groups attached to an aromatic ring is 1. The number of nitrogens with zero attached hydrogens (tertiary/aromatic N) is 2. The quantitative estimate of drug-likeness (QED) is 0.720. The number of methoxy groups -OCH3 is 1. The largest absolute Gasteiger partial charge is 0.399 e. The molecule has 0 bridgehead atoms. The first-order chi connectivity index (χ1) is 10.5. The molecule has 6 heteroatoms. The number of rotatable bonds is 8. The summed E-state index contributed by atoms with van der Waals surface area (Å²) in [5.41, 5.74) is 7.51. The van der Waals surface area contributed by atoms with Gasteiger partial charge in [-0.1, -0.05) is 18.2 Å². The van der Waals surface area contributed by atoms with Gasteiger partial charge in [0.05, 0.1) is 13.2 Å². The number of benzene rings is 1. The van der Waals surface area contributed by atoms with Gasteiger partial charge in [-0.2, -0.15) is 0 Å². The number of amides is 2. The van der Waals surface area contributed by atoms with Gasteiger partial charge in [0.1, 0.15) is 0 Å². The lowest BCUT2D eigenvalue weighted by atomic mass is 10.1. The van der Waals surface area contributed by atoms with Gasteiger partial charge in [0.15, 0.2) is 0 Å². The van der Waals surface area contributed by atoms with Crippen molar-refractivity contribution in [2.24, 2.45) is 0 Å². The van der Waals surface area contributed by atoms with Gasteiger partial charge in [0.2, 0.25) is 11.8 Å². The molecule has 1 aromatic rings. The van der Waals surface area contributed by atoms with E-state index in [-0.39, 0.29) is 18.4 Å². The van der Waals surface area contributed by atoms with Crippen molar-refractivity contribution in [3.63, 3.8) is 0 Å². The molecule has 0 unspecified atom stereocenters. The van der Waals surface area contributed by atoms with Crippen LogP contribution in [0, 0.1) is 0 Å². The molecule has 0 aliphatic heterocycles. The van der Waals surface area contributed by atoms with E-state index in [9.17, 15) is 9.59 Å². The highest BCUT2D eigenvalue weighted by atomic mass is 16.5. The van der Waals surface area contributed by atoms with Crippen molar-refractivity contribution in [2.45, 2.75) is 12.8 Å². The second-order valence-electron chi connectivity index (χ2n) is 5.30.